The van der Waals surface area contributed by atoms with Crippen LogP contribution in [0.1, 0.15) is 41.5 Å². The lowest BCUT2D eigenvalue weighted by atomic mass is 9.86. The molecule has 0 saturated carbocycles. The van der Waals surface area contributed by atoms with E-state index in [9.17, 15) is 0 Å². The molecular formula is C12H28N4. The molecule has 0 saturated heterocycles. The summed E-state index contributed by atoms with van der Waals surface area (Å²) in [6.45, 7) is 13.9. The highest BCUT2D eigenvalue weighted by atomic mass is 15.3. The summed E-state index contributed by atoms with van der Waals surface area (Å²) in [5.41, 5.74) is 2.61. The molecule has 4 heteroatoms. The smallest absolute Gasteiger partial charge is 0.205 e. The Labute approximate surface area is 100 Å². The van der Waals surface area contributed by atoms with Gasteiger partial charge in [0, 0.05) is 12.6 Å². The number of aliphatic imine (C=N–C) groups is 1. The average Bonchev–Trinajstić information content (AvgIpc) is 2.14. The summed E-state index contributed by atoms with van der Waals surface area (Å²) in [7, 11) is 0. The van der Waals surface area contributed by atoms with Crippen molar-refractivity contribution in [3.63, 3.8) is 0 Å². The maximum Gasteiger partial charge on any atom is 0.205 e. The highest BCUT2D eigenvalue weighted by molar-refractivity contribution is 5.79. The van der Waals surface area contributed by atoms with Gasteiger partial charge in [0.25, 0.3) is 0 Å². The van der Waals surface area contributed by atoms with Gasteiger partial charge in [-0.25, -0.2) is 5.84 Å². The largest absolute Gasteiger partial charge is 0.353 e. The van der Waals surface area contributed by atoms with Crippen LogP contribution >= 0.6 is 0 Å². The molecule has 0 spiro atoms. The number of nitrogens with one attached hydrogen (secondary N) is 2. The minimum atomic E-state index is 0.339. The number of hydrazine groups is 1. The second kappa shape index (κ2) is 7.49. The molecule has 0 aromatic rings. The fraction of sp³-hybridized carbons (Fsp3) is 0.917. The summed E-state index contributed by atoms with van der Waals surface area (Å²) >= 11 is 0. The number of nitrogens with zero attached hydrogens (tertiary/aromatic N) is 1. The maximum atomic E-state index is 5.42. The van der Waals surface area contributed by atoms with Crippen molar-refractivity contribution in [2.75, 3.05) is 6.54 Å². The van der Waals surface area contributed by atoms with Gasteiger partial charge in [-0.1, -0.05) is 27.7 Å². The summed E-state index contributed by atoms with van der Waals surface area (Å²) < 4.78 is 0. The lowest BCUT2D eigenvalue weighted by Gasteiger charge is -2.23. The monoisotopic (exact) mass is 228 g/mol. The summed E-state index contributed by atoms with van der Waals surface area (Å²) in [5.74, 6) is 7.97. The van der Waals surface area contributed by atoms with Crippen LogP contribution in [-0.2, 0) is 0 Å². The normalized spacial score (nSPS) is 13.1. The van der Waals surface area contributed by atoms with Crippen LogP contribution in [0.5, 0.6) is 0 Å². The number of hydrogen-bond donors (Lipinski definition) is 3. The third-order valence-corrected chi connectivity index (χ3v) is 2.73. The fourth-order valence-electron chi connectivity index (χ4n) is 1.79. The summed E-state index contributed by atoms with van der Waals surface area (Å²) in [6.07, 6.45) is 0. The Balaban J connectivity index is 4.38. The van der Waals surface area contributed by atoms with E-state index in [1.807, 2.05) is 0 Å². The van der Waals surface area contributed by atoms with Crippen molar-refractivity contribution in [1.29, 1.82) is 0 Å². The van der Waals surface area contributed by atoms with Crippen molar-refractivity contribution in [2.24, 2.45) is 28.6 Å². The van der Waals surface area contributed by atoms with E-state index in [4.69, 9.17) is 5.84 Å². The number of nitrogens with two attached hydrogens (primary N) is 1. The molecule has 0 atom stereocenters. The summed E-state index contributed by atoms with van der Waals surface area (Å²) in [4.78, 5) is 4.49. The molecular weight excluding hydrogens is 200 g/mol. The van der Waals surface area contributed by atoms with Gasteiger partial charge >= 0.3 is 0 Å². The van der Waals surface area contributed by atoms with Crippen molar-refractivity contribution in [3.05, 3.63) is 0 Å². The van der Waals surface area contributed by atoms with E-state index >= 15 is 0 Å². The van der Waals surface area contributed by atoms with Gasteiger partial charge in [0.05, 0.1) is 0 Å². The minimum absolute atomic E-state index is 0.339. The van der Waals surface area contributed by atoms with E-state index in [0.29, 0.717) is 29.8 Å². The van der Waals surface area contributed by atoms with Gasteiger partial charge in [0.1, 0.15) is 0 Å². The van der Waals surface area contributed by atoms with E-state index in [1.54, 1.807) is 0 Å². The molecule has 0 amide bonds. The van der Waals surface area contributed by atoms with Crippen molar-refractivity contribution in [2.45, 2.75) is 47.6 Å². The van der Waals surface area contributed by atoms with E-state index < -0.39 is 0 Å². The third-order valence-electron chi connectivity index (χ3n) is 2.73. The number of rotatable bonds is 5. The molecule has 16 heavy (non-hydrogen) atoms. The molecule has 0 aliphatic carbocycles. The molecule has 0 aliphatic rings. The van der Waals surface area contributed by atoms with Crippen LogP contribution in [-0.4, -0.2) is 18.5 Å². The van der Waals surface area contributed by atoms with Gasteiger partial charge in [0.2, 0.25) is 5.96 Å². The van der Waals surface area contributed by atoms with E-state index in [-0.39, 0.29) is 0 Å². The molecule has 0 bridgehead atoms. The Morgan fingerprint density at radius 1 is 1.06 bits per heavy atom. The molecule has 96 valence electrons. The zero-order chi connectivity index (χ0) is 12.7. The fourth-order valence-corrected chi connectivity index (χ4v) is 1.79. The zero-order valence-electron chi connectivity index (χ0n) is 11.5. The first-order chi connectivity index (χ1) is 7.38. The molecule has 0 fully saturated rings. The predicted octanol–water partition coefficient (Wildman–Crippen LogP) is 1.73. The van der Waals surface area contributed by atoms with Crippen LogP contribution in [0.4, 0.5) is 0 Å². The van der Waals surface area contributed by atoms with E-state index in [0.717, 1.165) is 6.54 Å². The van der Waals surface area contributed by atoms with Gasteiger partial charge in [-0.05, 0) is 31.6 Å². The van der Waals surface area contributed by atoms with Crippen LogP contribution in [0.2, 0.25) is 0 Å². The third kappa shape index (κ3) is 5.95. The SMILES string of the molecule is CC(C)NC(=NCC(C(C)C)C(C)C)NN. The zero-order valence-corrected chi connectivity index (χ0v) is 11.5. The van der Waals surface area contributed by atoms with Crippen LogP contribution in [0.3, 0.4) is 0 Å². The number of guanidine groups is 1. The molecule has 0 aromatic heterocycles. The Morgan fingerprint density at radius 2 is 1.56 bits per heavy atom. The minimum Gasteiger partial charge on any atom is -0.353 e. The molecule has 0 unspecified atom stereocenters. The van der Waals surface area contributed by atoms with Crippen LogP contribution in [0, 0.1) is 17.8 Å². The second-order valence-electron chi connectivity index (χ2n) is 5.28. The topological polar surface area (TPSA) is 62.4 Å². The molecule has 0 aliphatic heterocycles. The lowest BCUT2D eigenvalue weighted by Crippen LogP contribution is -2.45. The van der Waals surface area contributed by atoms with E-state index in [2.05, 4.69) is 57.3 Å². The van der Waals surface area contributed by atoms with Gasteiger partial charge in [-0.15, -0.1) is 0 Å². The Morgan fingerprint density at radius 3 is 1.88 bits per heavy atom. The summed E-state index contributed by atoms with van der Waals surface area (Å²) in [6, 6.07) is 0.339. The molecule has 0 radical (unpaired) electrons. The van der Waals surface area contributed by atoms with E-state index in [1.165, 1.54) is 0 Å². The van der Waals surface area contributed by atoms with Crippen molar-refractivity contribution >= 4 is 5.96 Å². The lowest BCUT2D eigenvalue weighted by molar-refractivity contribution is 0.297. The standard InChI is InChI=1S/C12H28N4/c1-8(2)11(9(3)4)7-14-12(16-13)15-10(5)6/h8-11H,7,13H2,1-6H3,(H2,14,15,16). The van der Waals surface area contributed by atoms with Gasteiger partial charge in [-0.3, -0.25) is 10.4 Å². The Bertz CT molecular complexity index is 201. The first-order valence-corrected chi connectivity index (χ1v) is 6.16. The molecule has 4 N–H and O–H groups in total. The number of hydrogen-bond acceptors (Lipinski definition) is 2. The van der Waals surface area contributed by atoms with Crippen LogP contribution in [0.25, 0.3) is 0 Å². The predicted molar refractivity (Wildman–Crippen MR) is 71.1 cm³/mol. The Kier molecular flexibility index (Phi) is 7.13. The molecule has 0 heterocycles. The van der Waals surface area contributed by atoms with Crippen molar-refractivity contribution in [1.82, 2.24) is 10.7 Å². The molecule has 0 aromatic carbocycles. The molecule has 0 rings (SSSR count). The second-order valence-corrected chi connectivity index (χ2v) is 5.28. The quantitative estimate of drug-likeness (QED) is 0.291. The van der Waals surface area contributed by atoms with Crippen LogP contribution < -0.4 is 16.6 Å². The first-order valence-electron chi connectivity index (χ1n) is 6.16. The van der Waals surface area contributed by atoms with Gasteiger partial charge in [-0.2, -0.15) is 0 Å². The highest BCUT2D eigenvalue weighted by Gasteiger charge is 2.17. The van der Waals surface area contributed by atoms with Crippen molar-refractivity contribution < 1.29 is 0 Å². The van der Waals surface area contributed by atoms with Gasteiger partial charge in [0.15, 0.2) is 0 Å². The first kappa shape index (κ1) is 15.2. The molecule has 4 nitrogen and oxygen atoms in total. The van der Waals surface area contributed by atoms with Gasteiger partial charge < -0.3 is 5.32 Å². The highest BCUT2D eigenvalue weighted by Crippen LogP contribution is 2.20. The summed E-state index contributed by atoms with van der Waals surface area (Å²) in [5, 5.41) is 3.18. The maximum absolute atomic E-state index is 5.42. The van der Waals surface area contributed by atoms with Crippen LogP contribution in [0.15, 0.2) is 4.99 Å². The average molecular weight is 228 g/mol. The Hall–Kier alpha value is -0.770. The van der Waals surface area contributed by atoms with Crippen molar-refractivity contribution in [3.8, 4) is 0 Å².